The quantitative estimate of drug-likeness (QED) is 0.623. The maximum atomic E-state index is 11.9. The average Bonchev–Trinajstić information content (AvgIpc) is 2.52. The molecule has 0 heterocycles. The summed E-state index contributed by atoms with van der Waals surface area (Å²) in [5.74, 6) is 0.0928. The summed E-state index contributed by atoms with van der Waals surface area (Å²) in [6.45, 7) is 5.02. The third-order valence-corrected chi connectivity index (χ3v) is 4.12. The molecule has 0 radical (unpaired) electrons. The van der Waals surface area contributed by atoms with Crippen molar-refractivity contribution in [1.29, 1.82) is 0 Å². The van der Waals surface area contributed by atoms with Crippen molar-refractivity contribution in [2.75, 3.05) is 26.4 Å². The van der Waals surface area contributed by atoms with Crippen molar-refractivity contribution in [3.63, 3.8) is 0 Å². The second-order valence-corrected chi connectivity index (χ2v) is 5.79. The number of hydrogen-bond donors (Lipinski definition) is 2. The lowest BCUT2D eigenvalue weighted by Crippen LogP contribution is -2.43. The highest BCUT2D eigenvalue weighted by Crippen LogP contribution is 2.28. The van der Waals surface area contributed by atoms with Crippen molar-refractivity contribution in [3.8, 4) is 0 Å². The van der Waals surface area contributed by atoms with Crippen molar-refractivity contribution < 1.29 is 24.2 Å². The second kappa shape index (κ2) is 10.6. The molecule has 0 aliphatic heterocycles. The second-order valence-electron chi connectivity index (χ2n) is 5.79. The summed E-state index contributed by atoms with van der Waals surface area (Å²) in [5.41, 5.74) is 0. The van der Waals surface area contributed by atoms with Gasteiger partial charge in [-0.1, -0.05) is 0 Å². The van der Waals surface area contributed by atoms with Crippen LogP contribution in [0.5, 0.6) is 0 Å². The van der Waals surface area contributed by atoms with Crippen molar-refractivity contribution in [3.05, 3.63) is 0 Å². The number of rotatable bonds is 9. The highest BCUT2D eigenvalue weighted by molar-refractivity contribution is 5.82. The zero-order chi connectivity index (χ0) is 16.4. The van der Waals surface area contributed by atoms with E-state index < -0.39 is 18.0 Å². The Bertz CT molecular complexity index is 339. The minimum Gasteiger partial charge on any atom is -0.466 e. The molecule has 128 valence electrons. The van der Waals surface area contributed by atoms with Gasteiger partial charge in [0, 0.05) is 6.61 Å². The molecule has 0 saturated heterocycles. The first kappa shape index (κ1) is 18.9. The van der Waals surface area contributed by atoms with E-state index in [1.807, 2.05) is 0 Å². The molecular weight excluding hydrogens is 286 g/mol. The highest BCUT2D eigenvalue weighted by atomic mass is 16.5. The minimum absolute atomic E-state index is 0.00133. The van der Waals surface area contributed by atoms with Crippen LogP contribution in [0, 0.1) is 11.8 Å². The molecule has 1 aliphatic carbocycles. The van der Waals surface area contributed by atoms with E-state index in [1.54, 1.807) is 13.8 Å². The van der Waals surface area contributed by atoms with Gasteiger partial charge in [-0.2, -0.15) is 0 Å². The van der Waals surface area contributed by atoms with Crippen LogP contribution in [0.3, 0.4) is 0 Å². The number of carbonyl (C=O) groups excluding carboxylic acids is 2. The molecule has 0 aromatic rings. The fourth-order valence-corrected chi connectivity index (χ4v) is 2.80. The Labute approximate surface area is 132 Å². The topological polar surface area (TPSA) is 84.9 Å². The molecule has 6 heteroatoms. The van der Waals surface area contributed by atoms with Gasteiger partial charge in [0.1, 0.15) is 6.04 Å². The van der Waals surface area contributed by atoms with Crippen LogP contribution >= 0.6 is 0 Å². The van der Waals surface area contributed by atoms with Gasteiger partial charge in [-0.25, -0.2) is 0 Å². The van der Waals surface area contributed by atoms with E-state index in [1.165, 1.54) is 0 Å². The Kier molecular flexibility index (Phi) is 9.08. The maximum Gasteiger partial charge on any atom is 0.323 e. The van der Waals surface area contributed by atoms with Gasteiger partial charge in [0.25, 0.3) is 0 Å². The molecule has 6 nitrogen and oxygen atoms in total. The van der Waals surface area contributed by atoms with Crippen molar-refractivity contribution in [2.24, 2.45) is 11.8 Å². The normalized spacial score (nSPS) is 22.9. The summed E-state index contributed by atoms with van der Waals surface area (Å²) >= 11 is 0. The van der Waals surface area contributed by atoms with E-state index in [0.717, 1.165) is 25.7 Å². The summed E-state index contributed by atoms with van der Waals surface area (Å²) in [5, 5.41) is 12.3. The monoisotopic (exact) mass is 315 g/mol. The number of hydrogen-bond acceptors (Lipinski definition) is 6. The molecular formula is C16H29NO5. The number of nitrogens with one attached hydrogen (secondary N) is 1. The summed E-state index contributed by atoms with van der Waals surface area (Å²) in [6.07, 6.45) is 4.11. The molecule has 1 aliphatic rings. The largest absolute Gasteiger partial charge is 0.466 e. The highest BCUT2D eigenvalue weighted by Gasteiger charge is 2.26. The molecule has 2 N–H and O–H groups in total. The Hall–Kier alpha value is -1.14. The SMILES string of the molecule is CCOC(=O)CC(NCC1CCC(CO)CC1)C(=O)OCC. The lowest BCUT2D eigenvalue weighted by atomic mass is 9.82. The molecule has 1 fully saturated rings. The van der Waals surface area contributed by atoms with Gasteiger partial charge >= 0.3 is 11.9 Å². The fourth-order valence-electron chi connectivity index (χ4n) is 2.80. The van der Waals surface area contributed by atoms with Crippen LogP contribution in [0.15, 0.2) is 0 Å². The Morgan fingerprint density at radius 1 is 1.09 bits per heavy atom. The first-order valence-corrected chi connectivity index (χ1v) is 8.27. The standard InChI is InChI=1S/C16H29NO5/c1-3-21-15(19)9-14(16(20)22-4-2)17-10-12-5-7-13(11-18)8-6-12/h12-14,17-18H,3-11H2,1-2H3. The van der Waals surface area contributed by atoms with Gasteiger partial charge in [0.2, 0.25) is 0 Å². The number of carbonyl (C=O) groups is 2. The van der Waals surface area contributed by atoms with E-state index in [4.69, 9.17) is 14.6 Å². The molecule has 0 spiro atoms. The lowest BCUT2D eigenvalue weighted by Gasteiger charge is -2.28. The molecule has 22 heavy (non-hydrogen) atoms. The molecule has 0 bridgehead atoms. The molecule has 1 rings (SSSR count). The minimum atomic E-state index is -0.644. The number of aliphatic hydroxyl groups excluding tert-OH is 1. The smallest absolute Gasteiger partial charge is 0.323 e. The van der Waals surface area contributed by atoms with Gasteiger partial charge < -0.3 is 19.9 Å². The van der Waals surface area contributed by atoms with Gasteiger partial charge in [-0.05, 0) is 57.9 Å². The maximum absolute atomic E-state index is 11.9. The van der Waals surface area contributed by atoms with Crippen molar-refractivity contribution in [1.82, 2.24) is 5.32 Å². The van der Waals surface area contributed by atoms with Gasteiger partial charge in [0.15, 0.2) is 0 Å². The van der Waals surface area contributed by atoms with E-state index in [2.05, 4.69) is 5.32 Å². The Morgan fingerprint density at radius 3 is 2.23 bits per heavy atom. The number of aliphatic hydroxyl groups is 1. The Morgan fingerprint density at radius 2 is 1.68 bits per heavy atom. The van der Waals surface area contributed by atoms with E-state index in [-0.39, 0.29) is 13.0 Å². The fraction of sp³-hybridized carbons (Fsp3) is 0.875. The summed E-state index contributed by atoms with van der Waals surface area (Å²) in [6, 6.07) is -0.644. The Balaban J connectivity index is 2.43. The van der Waals surface area contributed by atoms with Crippen LogP contribution in [-0.4, -0.2) is 49.5 Å². The third kappa shape index (κ3) is 6.75. The van der Waals surface area contributed by atoms with Gasteiger partial charge in [-0.3, -0.25) is 9.59 Å². The first-order chi connectivity index (χ1) is 10.6. The number of ether oxygens (including phenoxy) is 2. The van der Waals surface area contributed by atoms with Gasteiger partial charge in [-0.15, -0.1) is 0 Å². The van der Waals surface area contributed by atoms with Crippen LogP contribution in [0.2, 0.25) is 0 Å². The molecule has 1 saturated carbocycles. The van der Waals surface area contributed by atoms with Crippen molar-refractivity contribution in [2.45, 2.75) is 52.0 Å². The summed E-state index contributed by atoms with van der Waals surface area (Å²) < 4.78 is 9.92. The van der Waals surface area contributed by atoms with Gasteiger partial charge in [0.05, 0.1) is 19.6 Å². The van der Waals surface area contributed by atoms with E-state index in [9.17, 15) is 9.59 Å². The molecule has 1 atom stereocenters. The molecule has 0 aromatic heterocycles. The lowest BCUT2D eigenvalue weighted by molar-refractivity contribution is -0.152. The third-order valence-electron chi connectivity index (χ3n) is 4.12. The van der Waals surface area contributed by atoms with Crippen molar-refractivity contribution >= 4 is 11.9 Å². The summed E-state index contributed by atoms with van der Waals surface area (Å²) in [7, 11) is 0. The number of esters is 2. The zero-order valence-corrected chi connectivity index (χ0v) is 13.7. The first-order valence-electron chi connectivity index (χ1n) is 8.27. The predicted octanol–water partition coefficient (Wildman–Crippen LogP) is 1.26. The zero-order valence-electron chi connectivity index (χ0n) is 13.7. The molecule has 0 aromatic carbocycles. The molecule has 0 amide bonds. The van der Waals surface area contributed by atoms with Crippen LogP contribution in [0.25, 0.3) is 0 Å². The predicted molar refractivity (Wildman–Crippen MR) is 82.2 cm³/mol. The van der Waals surface area contributed by atoms with Crippen LogP contribution in [0.1, 0.15) is 46.0 Å². The average molecular weight is 315 g/mol. The van der Waals surface area contributed by atoms with Crippen LogP contribution in [-0.2, 0) is 19.1 Å². The van der Waals surface area contributed by atoms with E-state index in [0.29, 0.717) is 31.6 Å². The van der Waals surface area contributed by atoms with E-state index >= 15 is 0 Å². The summed E-state index contributed by atoms with van der Waals surface area (Å²) in [4.78, 5) is 23.5. The van der Waals surface area contributed by atoms with Crippen LogP contribution in [0.4, 0.5) is 0 Å². The van der Waals surface area contributed by atoms with Crippen LogP contribution < -0.4 is 5.32 Å². The molecule has 1 unspecified atom stereocenters.